The molecule has 1 atom stereocenters. The highest BCUT2D eigenvalue weighted by Gasteiger charge is 2.18. The highest BCUT2D eigenvalue weighted by atomic mass is 19.1. The van der Waals surface area contributed by atoms with E-state index in [0.717, 1.165) is 11.3 Å². The summed E-state index contributed by atoms with van der Waals surface area (Å²) >= 11 is 0. The van der Waals surface area contributed by atoms with E-state index in [9.17, 15) is 9.50 Å². The van der Waals surface area contributed by atoms with Crippen LogP contribution >= 0.6 is 0 Å². The van der Waals surface area contributed by atoms with Crippen molar-refractivity contribution in [2.45, 2.75) is 51.2 Å². The number of nitrogens with zero attached hydrogens (tertiary/aromatic N) is 2. The van der Waals surface area contributed by atoms with Crippen LogP contribution in [0.25, 0.3) is 0 Å². The van der Waals surface area contributed by atoms with Gasteiger partial charge >= 0.3 is 0 Å². The number of aliphatic hydroxyl groups excluding tert-OH is 1. The maximum atomic E-state index is 13.4. The van der Waals surface area contributed by atoms with Crippen LogP contribution in [-0.4, -0.2) is 14.9 Å². The van der Waals surface area contributed by atoms with Crippen LogP contribution in [0.3, 0.4) is 0 Å². The number of benzene rings is 1. The average Bonchev–Trinajstić information content (AvgIpc) is 3.07. The van der Waals surface area contributed by atoms with Gasteiger partial charge in [-0.1, -0.05) is 18.9 Å². The second kappa shape index (κ2) is 5.98. The fourth-order valence-corrected chi connectivity index (χ4v) is 3.13. The van der Waals surface area contributed by atoms with Gasteiger partial charge < -0.3 is 5.11 Å². The number of aromatic nitrogens is 2. The summed E-state index contributed by atoms with van der Waals surface area (Å²) in [5.74, 6) is -0.305. The van der Waals surface area contributed by atoms with Crippen LogP contribution in [0, 0.1) is 12.7 Å². The summed E-state index contributed by atoms with van der Waals surface area (Å²) in [5, 5.41) is 14.8. The molecule has 112 valence electrons. The highest BCUT2D eigenvalue weighted by molar-refractivity contribution is 5.26. The number of hydrogen-bond acceptors (Lipinski definition) is 2. The fraction of sp³-hybridized carbons (Fsp3) is 0.471. The van der Waals surface area contributed by atoms with Crippen molar-refractivity contribution < 1.29 is 9.50 Å². The van der Waals surface area contributed by atoms with Crippen LogP contribution < -0.4 is 0 Å². The van der Waals surface area contributed by atoms with Gasteiger partial charge in [-0.3, -0.25) is 4.68 Å². The summed E-state index contributed by atoms with van der Waals surface area (Å²) in [6.07, 6.45) is 6.61. The monoisotopic (exact) mass is 288 g/mol. The summed E-state index contributed by atoms with van der Waals surface area (Å²) in [4.78, 5) is 0. The molecule has 0 amide bonds. The quantitative estimate of drug-likeness (QED) is 0.931. The predicted molar refractivity (Wildman–Crippen MR) is 79.5 cm³/mol. The van der Waals surface area contributed by atoms with Crippen LogP contribution in [0.2, 0.25) is 0 Å². The lowest BCUT2D eigenvalue weighted by atomic mass is 10.0. The van der Waals surface area contributed by atoms with Gasteiger partial charge in [-0.15, -0.1) is 0 Å². The molecule has 0 bridgehead atoms. The number of halogens is 1. The van der Waals surface area contributed by atoms with Crippen molar-refractivity contribution in [2.24, 2.45) is 0 Å². The van der Waals surface area contributed by atoms with Crippen molar-refractivity contribution in [3.05, 3.63) is 53.1 Å². The van der Waals surface area contributed by atoms with E-state index in [4.69, 9.17) is 0 Å². The summed E-state index contributed by atoms with van der Waals surface area (Å²) < 4.78 is 15.4. The van der Waals surface area contributed by atoms with Crippen molar-refractivity contribution in [2.75, 3.05) is 0 Å². The zero-order chi connectivity index (χ0) is 14.8. The minimum Gasteiger partial charge on any atom is -0.388 e. The Morgan fingerprint density at radius 1 is 1.33 bits per heavy atom. The predicted octanol–water partition coefficient (Wildman–Crippen LogP) is 3.72. The Hall–Kier alpha value is -1.68. The number of aliphatic hydroxyl groups is 1. The lowest BCUT2D eigenvalue weighted by Crippen LogP contribution is -2.07. The lowest BCUT2D eigenvalue weighted by molar-refractivity contribution is 0.176. The third kappa shape index (κ3) is 3.32. The Bertz CT molecular complexity index is 597. The minimum absolute atomic E-state index is 0.305. The first-order chi connectivity index (χ1) is 10.1. The van der Waals surface area contributed by atoms with Gasteiger partial charge in [0, 0.05) is 12.6 Å². The van der Waals surface area contributed by atoms with E-state index in [1.807, 2.05) is 29.9 Å². The molecule has 0 saturated heterocycles. The van der Waals surface area contributed by atoms with Crippen molar-refractivity contribution in [1.82, 2.24) is 9.78 Å². The Balaban J connectivity index is 1.70. The molecule has 1 saturated carbocycles. The Kier molecular flexibility index (Phi) is 4.06. The molecule has 0 aliphatic heterocycles. The largest absolute Gasteiger partial charge is 0.388 e. The second-order valence-electron chi connectivity index (χ2n) is 6.01. The first kappa shape index (κ1) is 14.3. The molecule has 4 heteroatoms. The van der Waals surface area contributed by atoms with Crippen molar-refractivity contribution in [3.63, 3.8) is 0 Å². The zero-order valence-electron chi connectivity index (χ0n) is 12.3. The molecule has 3 rings (SSSR count). The average molecular weight is 288 g/mol. The van der Waals surface area contributed by atoms with Crippen LogP contribution in [0.5, 0.6) is 0 Å². The molecule has 0 radical (unpaired) electrons. The molecule has 1 fully saturated rings. The number of aryl methyl sites for hydroxylation is 1. The van der Waals surface area contributed by atoms with Crippen molar-refractivity contribution >= 4 is 0 Å². The summed E-state index contributed by atoms with van der Waals surface area (Å²) in [5.41, 5.74) is 2.29. The van der Waals surface area contributed by atoms with E-state index in [2.05, 4.69) is 5.10 Å². The Labute approximate surface area is 124 Å². The summed E-state index contributed by atoms with van der Waals surface area (Å²) in [6, 6.07) is 7.14. The number of rotatable bonds is 4. The minimum atomic E-state index is -0.716. The third-order valence-electron chi connectivity index (χ3n) is 4.21. The van der Waals surface area contributed by atoms with Gasteiger partial charge in [0.2, 0.25) is 0 Å². The molecule has 1 aromatic carbocycles. The van der Waals surface area contributed by atoms with Gasteiger partial charge in [0.25, 0.3) is 0 Å². The highest BCUT2D eigenvalue weighted by Crippen LogP contribution is 2.29. The van der Waals surface area contributed by atoms with E-state index in [1.165, 1.54) is 37.8 Å². The van der Waals surface area contributed by atoms with Crippen LogP contribution in [0.15, 0.2) is 30.5 Å². The molecule has 1 heterocycles. The molecule has 1 aliphatic rings. The van der Waals surface area contributed by atoms with Gasteiger partial charge in [0.05, 0.1) is 17.8 Å². The molecular weight excluding hydrogens is 267 g/mol. The maximum Gasteiger partial charge on any atom is 0.123 e. The first-order valence-electron chi connectivity index (χ1n) is 7.61. The molecule has 21 heavy (non-hydrogen) atoms. The topological polar surface area (TPSA) is 38.0 Å². The van der Waals surface area contributed by atoms with Crippen LogP contribution in [-0.2, 0) is 6.42 Å². The van der Waals surface area contributed by atoms with Gasteiger partial charge in [-0.2, -0.15) is 5.10 Å². The van der Waals surface area contributed by atoms with Gasteiger partial charge in [0.15, 0.2) is 0 Å². The van der Waals surface area contributed by atoms with E-state index in [0.29, 0.717) is 18.0 Å². The summed E-state index contributed by atoms with van der Waals surface area (Å²) in [6.45, 7) is 1.83. The van der Waals surface area contributed by atoms with Crippen LogP contribution in [0.4, 0.5) is 4.39 Å². The molecule has 1 unspecified atom stereocenters. The molecule has 2 aromatic rings. The van der Waals surface area contributed by atoms with Gasteiger partial charge in [-0.25, -0.2) is 4.39 Å². The van der Waals surface area contributed by atoms with E-state index in [-0.39, 0.29) is 5.82 Å². The molecule has 1 aromatic heterocycles. The third-order valence-corrected chi connectivity index (χ3v) is 4.21. The Morgan fingerprint density at radius 2 is 2.10 bits per heavy atom. The normalized spacial score (nSPS) is 17.3. The van der Waals surface area contributed by atoms with E-state index < -0.39 is 6.10 Å². The van der Waals surface area contributed by atoms with Crippen LogP contribution in [0.1, 0.15) is 54.6 Å². The van der Waals surface area contributed by atoms with Crippen molar-refractivity contribution in [3.8, 4) is 0 Å². The standard InChI is InChI=1S/C17H21FN2O/c1-12-8-13(10-14(18)9-12)17(21)11-15-6-7-20(19-15)16-4-2-3-5-16/h6-10,16-17,21H,2-5,11H2,1H3. The van der Waals surface area contributed by atoms with Gasteiger partial charge in [0.1, 0.15) is 5.82 Å². The fourth-order valence-electron chi connectivity index (χ4n) is 3.13. The lowest BCUT2D eigenvalue weighted by Gasteiger charge is -2.11. The van der Waals surface area contributed by atoms with Gasteiger partial charge in [-0.05, 0) is 49.1 Å². The second-order valence-corrected chi connectivity index (χ2v) is 6.01. The molecule has 0 spiro atoms. The molecule has 1 aliphatic carbocycles. The first-order valence-corrected chi connectivity index (χ1v) is 7.61. The Morgan fingerprint density at radius 3 is 2.81 bits per heavy atom. The van der Waals surface area contributed by atoms with E-state index >= 15 is 0 Å². The zero-order valence-corrected chi connectivity index (χ0v) is 12.3. The molecule has 3 nitrogen and oxygen atoms in total. The number of hydrogen-bond donors (Lipinski definition) is 1. The molecular formula is C17H21FN2O. The SMILES string of the molecule is Cc1cc(F)cc(C(O)Cc2ccn(C3CCCC3)n2)c1. The summed E-state index contributed by atoms with van der Waals surface area (Å²) in [7, 11) is 0. The smallest absolute Gasteiger partial charge is 0.123 e. The molecule has 1 N–H and O–H groups in total. The van der Waals surface area contributed by atoms with Crippen molar-refractivity contribution in [1.29, 1.82) is 0 Å². The van der Waals surface area contributed by atoms with E-state index in [1.54, 1.807) is 0 Å². The maximum absolute atomic E-state index is 13.4.